The summed E-state index contributed by atoms with van der Waals surface area (Å²) in [4.78, 5) is 11.3. The molecule has 0 aliphatic heterocycles. The van der Waals surface area contributed by atoms with Gasteiger partial charge in [-0.05, 0) is 33.6 Å². The van der Waals surface area contributed by atoms with Crippen molar-refractivity contribution in [3.63, 3.8) is 0 Å². The van der Waals surface area contributed by atoms with E-state index in [-0.39, 0.29) is 4.90 Å². The van der Waals surface area contributed by atoms with Crippen molar-refractivity contribution in [3.8, 4) is 0 Å². The Morgan fingerprint density at radius 3 is 2.19 bits per heavy atom. The Balaban J connectivity index is 2.38. The van der Waals surface area contributed by atoms with Crippen molar-refractivity contribution in [2.24, 2.45) is 0 Å². The minimum Gasteiger partial charge on any atom is -0.480 e. The molecule has 0 unspecified atom stereocenters. The highest BCUT2D eigenvalue weighted by molar-refractivity contribution is 9.10. The van der Waals surface area contributed by atoms with Crippen LogP contribution in [0.15, 0.2) is 64.0 Å². The average molecular weight is 370 g/mol. The Morgan fingerprint density at radius 2 is 1.62 bits per heavy atom. The molecule has 110 valence electrons. The van der Waals surface area contributed by atoms with Gasteiger partial charge in [0.05, 0.1) is 4.90 Å². The quantitative estimate of drug-likeness (QED) is 0.848. The van der Waals surface area contributed by atoms with E-state index in [1.165, 1.54) is 6.07 Å². The van der Waals surface area contributed by atoms with E-state index in [0.717, 1.165) is 0 Å². The highest BCUT2D eigenvalue weighted by Gasteiger charge is 2.27. The number of hydrogen-bond donors (Lipinski definition) is 2. The van der Waals surface area contributed by atoms with Crippen LogP contribution in [0.25, 0.3) is 0 Å². The molecule has 0 heterocycles. The lowest BCUT2D eigenvalue weighted by molar-refractivity contribution is -0.139. The van der Waals surface area contributed by atoms with E-state index in [1.54, 1.807) is 48.5 Å². The number of aliphatic carboxylic acids is 1. The van der Waals surface area contributed by atoms with Crippen molar-refractivity contribution in [3.05, 3.63) is 64.6 Å². The minimum atomic E-state index is -3.96. The standard InChI is InChI=1S/C14H12BrNO4S/c15-11-8-4-5-9-12(11)21(19,20)16-13(14(17)18)10-6-2-1-3-7-10/h1-9,13,16H,(H,17,18)/t13-/m0/s1. The lowest BCUT2D eigenvalue weighted by Gasteiger charge is -2.15. The Hall–Kier alpha value is -1.70. The Morgan fingerprint density at radius 1 is 1.05 bits per heavy atom. The van der Waals surface area contributed by atoms with E-state index in [1.807, 2.05) is 0 Å². The number of carboxylic acid groups (broad SMARTS) is 1. The minimum absolute atomic E-state index is 0.00724. The summed E-state index contributed by atoms with van der Waals surface area (Å²) in [5.41, 5.74) is 0.362. The summed E-state index contributed by atoms with van der Waals surface area (Å²) in [5, 5.41) is 9.27. The molecule has 0 aromatic heterocycles. The average Bonchev–Trinajstić information content (AvgIpc) is 2.46. The molecule has 2 aromatic rings. The van der Waals surface area contributed by atoms with Crippen molar-refractivity contribution < 1.29 is 18.3 Å². The van der Waals surface area contributed by atoms with E-state index < -0.39 is 22.0 Å². The lowest BCUT2D eigenvalue weighted by atomic mass is 10.1. The van der Waals surface area contributed by atoms with Crippen LogP contribution in [0.3, 0.4) is 0 Å². The number of benzene rings is 2. The summed E-state index contributed by atoms with van der Waals surface area (Å²) < 4.78 is 27.3. The molecule has 21 heavy (non-hydrogen) atoms. The molecular weight excluding hydrogens is 358 g/mol. The molecule has 5 nitrogen and oxygen atoms in total. The summed E-state index contributed by atoms with van der Waals surface area (Å²) in [6.07, 6.45) is 0. The summed E-state index contributed by atoms with van der Waals surface area (Å²) >= 11 is 3.15. The maximum Gasteiger partial charge on any atom is 0.326 e. The molecule has 1 atom stereocenters. The second-order valence-corrected chi connectivity index (χ2v) is 6.77. The normalized spacial score (nSPS) is 12.8. The zero-order chi connectivity index (χ0) is 15.5. The molecule has 0 saturated carbocycles. The molecule has 0 aliphatic carbocycles. The van der Waals surface area contributed by atoms with Gasteiger partial charge in [-0.1, -0.05) is 42.5 Å². The van der Waals surface area contributed by atoms with Crippen molar-refractivity contribution in [2.45, 2.75) is 10.9 Å². The first-order valence-corrected chi connectivity index (χ1v) is 8.24. The molecule has 2 N–H and O–H groups in total. The largest absolute Gasteiger partial charge is 0.480 e. The first-order valence-electron chi connectivity index (χ1n) is 5.96. The van der Waals surface area contributed by atoms with Crippen LogP contribution in [-0.4, -0.2) is 19.5 Å². The molecule has 0 fully saturated rings. The van der Waals surface area contributed by atoms with Gasteiger partial charge in [-0.15, -0.1) is 0 Å². The van der Waals surface area contributed by atoms with Gasteiger partial charge < -0.3 is 5.11 Å². The predicted octanol–water partition coefficient (Wildman–Crippen LogP) is 2.55. The van der Waals surface area contributed by atoms with Gasteiger partial charge in [0.15, 0.2) is 0 Å². The van der Waals surface area contributed by atoms with Gasteiger partial charge in [0.25, 0.3) is 0 Å². The fourth-order valence-corrected chi connectivity index (χ4v) is 3.97. The maximum atomic E-state index is 12.3. The second kappa shape index (κ2) is 6.38. The summed E-state index contributed by atoms with van der Waals surface area (Å²) in [7, 11) is -3.96. The topological polar surface area (TPSA) is 83.5 Å². The number of carbonyl (C=O) groups is 1. The van der Waals surface area contributed by atoms with Crippen molar-refractivity contribution in [2.75, 3.05) is 0 Å². The van der Waals surface area contributed by atoms with Gasteiger partial charge in [-0.3, -0.25) is 4.79 Å². The Labute approximate surface area is 130 Å². The highest BCUT2D eigenvalue weighted by Crippen LogP contribution is 2.23. The molecule has 0 aliphatic rings. The third kappa shape index (κ3) is 3.69. The van der Waals surface area contributed by atoms with Crippen LogP contribution >= 0.6 is 15.9 Å². The van der Waals surface area contributed by atoms with Gasteiger partial charge in [0.2, 0.25) is 10.0 Å². The Bertz CT molecular complexity index is 747. The third-order valence-electron chi connectivity index (χ3n) is 2.78. The number of sulfonamides is 1. The van der Waals surface area contributed by atoms with Crippen LogP contribution in [-0.2, 0) is 14.8 Å². The van der Waals surface area contributed by atoms with Gasteiger partial charge in [0, 0.05) is 4.47 Å². The van der Waals surface area contributed by atoms with Gasteiger partial charge in [-0.2, -0.15) is 4.72 Å². The fraction of sp³-hybridized carbons (Fsp3) is 0.0714. The number of carboxylic acids is 1. The molecule has 7 heteroatoms. The van der Waals surface area contributed by atoms with Crippen LogP contribution < -0.4 is 4.72 Å². The number of halogens is 1. The SMILES string of the molecule is O=C(O)[C@@H](NS(=O)(=O)c1ccccc1Br)c1ccccc1. The van der Waals surface area contributed by atoms with Crippen molar-refractivity contribution in [1.29, 1.82) is 0 Å². The highest BCUT2D eigenvalue weighted by atomic mass is 79.9. The first-order chi connectivity index (χ1) is 9.92. The van der Waals surface area contributed by atoms with Crippen molar-refractivity contribution >= 4 is 31.9 Å². The van der Waals surface area contributed by atoms with Crippen molar-refractivity contribution in [1.82, 2.24) is 4.72 Å². The lowest BCUT2D eigenvalue weighted by Crippen LogP contribution is -2.33. The number of nitrogens with one attached hydrogen (secondary N) is 1. The molecule has 2 rings (SSSR count). The summed E-state index contributed by atoms with van der Waals surface area (Å²) in [6.45, 7) is 0. The van der Waals surface area contributed by atoms with Crippen LogP contribution in [0.2, 0.25) is 0 Å². The van der Waals surface area contributed by atoms with E-state index in [2.05, 4.69) is 20.7 Å². The fourth-order valence-electron chi connectivity index (χ4n) is 1.79. The van der Waals surface area contributed by atoms with Crippen LogP contribution in [0.4, 0.5) is 0 Å². The summed E-state index contributed by atoms with van der Waals surface area (Å²) in [5.74, 6) is -1.27. The molecule has 0 spiro atoms. The van der Waals surface area contributed by atoms with E-state index in [4.69, 9.17) is 0 Å². The second-order valence-electron chi connectivity index (χ2n) is 4.23. The predicted molar refractivity (Wildman–Crippen MR) is 81.3 cm³/mol. The smallest absolute Gasteiger partial charge is 0.326 e. The van der Waals surface area contributed by atoms with E-state index in [0.29, 0.717) is 10.0 Å². The molecular formula is C14H12BrNO4S. The maximum absolute atomic E-state index is 12.3. The number of hydrogen-bond acceptors (Lipinski definition) is 3. The van der Waals surface area contributed by atoms with Gasteiger partial charge in [0.1, 0.15) is 6.04 Å². The molecule has 0 amide bonds. The van der Waals surface area contributed by atoms with Crippen LogP contribution in [0, 0.1) is 0 Å². The molecule has 0 radical (unpaired) electrons. The van der Waals surface area contributed by atoms with Gasteiger partial charge in [-0.25, -0.2) is 8.42 Å². The summed E-state index contributed by atoms with van der Waals surface area (Å²) in [6, 6.07) is 13.0. The van der Waals surface area contributed by atoms with Crippen LogP contribution in [0.1, 0.15) is 11.6 Å². The van der Waals surface area contributed by atoms with Gasteiger partial charge >= 0.3 is 5.97 Å². The van der Waals surface area contributed by atoms with Crippen LogP contribution in [0.5, 0.6) is 0 Å². The number of rotatable bonds is 5. The van der Waals surface area contributed by atoms with E-state index in [9.17, 15) is 18.3 Å². The zero-order valence-corrected chi connectivity index (χ0v) is 13.1. The zero-order valence-electron chi connectivity index (χ0n) is 10.7. The monoisotopic (exact) mass is 369 g/mol. The Kier molecular flexibility index (Phi) is 4.76. The molecule has 0 bridgehead atoms. The first kappa shape index (κ1) is 15.7. The van der Waals surface area contributed by atoms with E-state index >= 15 is 0 Å². The third-order valence-corrected chi connectivity index (χ3v) is 5.21. The molecule has 2 aromatic carbocycles. The molecule has 0 saturated heterocycles.